The predicted molar refractivity (Wildman–Crippen MR) is 77.2 cm³/mol. The van der Waals surface area contributed by atoms with Gasteiger partial charge in [0.25, 0.3) is 0 Å². The zero-order valence-corrected chi connectivity index (χ0v) is 12.1. The SMILES string of the molecule is C=C(NC1CC=C(C)CC1)C1C2CC(C)C1(C)C2. The van der Waals surface area contributed by atoms with Crippen molar-refractivity contribution in [3.05, 3.63) is 23.9 Å². The van der Waals surface area contributed by atoms with Gasteiger partial charge in [-0.05, 0) is 56.3 Å². The summed E-state index contributed by atoms with van der Waals surface area (Å²) < 4.78 is 0. The molecule has 0 saturated heterocycles. The van der Waals surface area contributed by atoms with Gasteiger partial charge in [0.2, 0.25) is 0 Å². The van der Waals surface area contributed by atoms with Crippen molar-refractivity contribution in [1.29, 1.82) is 0 Å². The number of hydrogen-bond donors (Lipinski definition) is 1. The van der Waals surface area contributed by atoms with Crippen LogP contribution in [0.15, 0.2) is 23.9 Å². The van der Waals surface area contributed by atoms with E-state index in [2.05, 4.69) is 38.7 Å². The summed E-state index contributed by atoms with van der Waals surface area (Å²) in [5.74, 6) is 2.56. The molecule has 4 aliphatic carbocycles. The average Bonchev–Trinajstić information content (AvgIpc) is 2.71. The molecule has 100 valence electrons. The minimum absolute atomic E-state index is 0.551. The molecule has 1 heteroatoms. The summed E-state index contributed by atoms with van der Waals surface area (Å²) in [5.41, 5.74) is 3.45. The van der Waals surface area contributed by atoms with E-state index in [-0.39, 0.29) is 0 Å². The summed E-state index contributed by atoms with van der Waals surface area (Å²) in [7, 11) is 0. The summed E-state index contributed by atoms with van der Waals surface area (Å²) in [6.45, 7) is 11.5. The Hall–Kier alpha value is -0.720. The normalized spacial score (nSPS) is 46.3. The molecule has 2 bridgehead atoms. The fraction of sp³-hybridized carbons (Fsp3) is 0.765. The van der Waals surface area contributed by atoms with Crippen LogP contribution in [0.3, 0.4) is 0 Å². The predicted octanol–water partition coefficient (Wildman–Crippen LogP) is 4.27. The maximum Gasteiger partial charge on any atom is 0.0295 e. The zero-order valence-electron chi connectivity index (χ0n) is 12.1. The molecule has 0 aromatic carbocycles. The molecule has 0 radical (unpaired) electrons. The fourth-order valence-electron chi connectivity index (χ4n) is 4.77. The van der Waals surface area contributed by atoms with Crippen molar-refractivity contribution in [2.45, 2.75) is 58.9 Å². The maximum absolute atomic E-state index is 4.38. The van der Waals surface area contributed by atoms with Crippen LogP contribution in [0.1, 0.15) is 52.9 Å². The molecule has 1 N–H and O–H groups in total. The van der Waals surface area contributed by atoms with Gasteiger partial charge < -0.3 is 5.32 Å². The van der Waals surface area contributed by atoms with Crippen molar-refractivity contribution >= 4 is 0 Å². The van der Waals surface area contributed by atoms with Gasteiger partial charge >= 0.3 is 0 Å². The molecule has 0 heterocycles. The molecule has 1 nitrogen and oxygen atoms in total. The third-order valence-electron chi connectivity index (χ3n) is 6.07. The molecule has 0 spiro atoms. The van der Waals surface area contributed by atoms with Crippen LogP contribution < -0.4 is 5.32 Å². The highest BCUT2D eigenvalue weighted by Gasteiger charge is 2.60. The van der Waals surface area contributed by atoms with E-state index in [0.717, 1.165) is 17.8 Å². The van der Waals surface area contributed by atoms with Crippen LogP contribution in [0.5, 0.6) is 0 Å². The molecule has 3 saturated carbocycles. The monoisotopic (exact) mass is 245 g/mol. The number of fused-ring (bicyclic) bond motifs is 1. The standard InChI is InChI=1S/C17H27N/c1-11-5-7-15(8-6-11)18-13(3)16-14-9-12(2)17(16,4)10-14/h5,12,14-16,18H,3,6-10H2,1-2,4H3. The van der Waals surface area contributed by atoms with E-state index in [0.29, 0.717) is 11.5 Å². The molecular formula is C17H27N. The molecule has 0 aromatic rings. The lowest BCUT2D eigenvalue weighted by atomic mass is 9.58. The average molecular weight is 245 g/mol. The van der Waals surface area contributed by atoms with Gasteiger partial charge in [-0.3, -0.25) is 0 Å². The van der Waals surface area contributed by atoms with Gasteiger partial charge in [0, 0.05) is 17.7 Å². The number of hydrogen-bond acceptors (Lipinski definition) is 1. The molecule has 5 atom stereocenters. The summed E-state index contributed by atoms with van der Waals surface area (Å²) in [6, 6.07) is 0.639. The molecular weight excluding hydrogens is 218 g/mol. The Morgan fingerprint density at radius 1 is 1.50 bits per heavy atom. The highest BCUT2D eigenvalue weighted by atomic mass is 14.9. The number of nitrogens with one attached hydrogen (secondary N) is 1. The number of rotatable bonds is 3. The summed E-state index contributed by atoms with van der Waals surface area (Å²) in [6.07, 6.45) is 8.98. The Morgan fingerprint density at radius 3 is 2.78 bits per heavy atom. The van der Waals surface area contributed by atoms with Gasteiger partial charge in [-0.1, -0.05) is 32.1 Å². The molecule has 18 heavy (non-hydrogen) atoms. The molecule has 3 fully saturated rings. The van der Waals surface area contributed by atoms with Gasteiger partial charge in [0.1, 0.15) is 0 Å². The van der Waals surface area contributed by atoms with E-state index in [4.69, 9.17) is 0 Å². The van der Waals surface area contributed by atoms with Crippen LogP contribution in [0, 0.1) is 23.2 Å². The highest BCUT2D eigenvalue weighted by molar-refractivity contribution is 5.21. The fourth-order valence-corrected chi connectivity index (χ4v) is 4.77. The second-order valence-corrected chi connectivity index (χ2v) is 7.28. The molecule has 5 unspecified atom stereocenters. The van der Waals surface area contributed by atoms with Gasteiger partial charge in [-0.2, -0.15) is 0 Å². The van der Waals surface area contributed by atoms with E-state index in [1.807, 2.05) is 0 Å². The summed E-state index contributed by atoms with van der Waals surface area (Å²) >= 11 is 0. The summed E-state index contributed by atoms with van der Waals surface area (Å²) in [4.78, 5) is 0. The minimum atomic E-state index is 0.551. The highest BCUT2D eigenvalue weighted by Crippen LogP contribution is 2.67. The van der Waals surface area contributed by atoms with E-state index < -0.39 is 0 Å². The molecule has 0 aliphatic heterocycles. The second-order valence-electron chi connectivity index (χ2n) is 7.28. The third-order valence-corrected chi connectivity index (χ3v) is 6.07. The first-order valence-electron chi connectivity index (χ1n) is 7.61. The van der Waals surface area contributed by atoms with Crippen molar-refractivity contribution in [3.63, 3.8) is 0 Å². The van der Waals surface area contributed by atoms with Gasteiger partial charge in [0.15, 0.2) is 0 Å². The van der Waals surface area contributed by atoms with E-state index in [9.17, 15) is 0 Å². The lowest BCUT2D eigenvalue weighted by molar-refractivity contribution is 0.0513. The first-order chi connectivity index (χ1) is 8.50. The third kappa shape index (κ3) is 1.74. The Labute approximate surface area is 112 Å². The summed E-state index contributed by atoms with van der Waals surface area (Å²) in [5, 5.41) is 3.75. The van der Waals surface area contributed by atoms with Crippen LogP contribution in [-0.2, 0) is 0 Å². The number of allylic oxidation sites excluding steroid dienone is 2. The largest absolute Gasteiger partial charge is 0.386 e. The van der Waals surface area contributed by atoms with Crippen LogP contribution >= 0.6 is 0 Å². The van der Waals surface area contributed by atoms with Crippen molar-refractivity contribution in [2.75, 3.05) is 0 Å². The van der Waals surface area contributed by atoms with E-state index >= 15 is 0 Å². The van der Waals surface area contributed by atoms with Crippen LogP contribution in [0.2, 0.25) is 0 Å². The van der Waals surface area contributed by atoms with Crippen LogP contribution in [0.4, 0.5) is 0 Å². The van der Waals surface area contributed by atoms with Crippen LogP contribution in [0.25, 0.3) is 0 Å². The first kappa shape index (κ1) is 12.3. The zero-order chi connectivity index (χ0) is 12.9. The first-order valence-corrected chi connectivity index (χ1v) is 7.61. The van der Waals surface area contributed by atoms with Gasteiger partial charge in [-0.15, -0.1) is 0 Å². The van der Waals surface area contributed by atoms with E-state index in [1.165, 1.54) is 37.8 Å². The lowest BCUT2D eigenvalue weighted by Gasteiger charge is -2.48. The molecule has 4 aliphatic rings. The minimum Gasteiger partial charge on any atom is -0.386 e. The Morgan fingerprint density at radius 2 is 2.28 bits per heavy atom. The quantitative estimate of drug-likeness (QED) is 0.732. The smallest absolute Gasteiger partial charge is 0.0295 e. The maximum atomic E-state index is 4.38. The molecule has 0 aromatic heterocycles. The Kier molecular flexibility index (Phi) is 2.84. The van der Waals surface area contributed by atoms with E-state index in [1.54, 1.807) is 5.57 Å². The van der Waals surface area contributed by atoms with Crippen molar-refractivity contribution in [3.8, 4) is 0 Å². The lowest BCUT2D eigenvalue weighted by Crippen LogP contribution is -2.46. The Bertz CT molecular complexity index is 392. The molecule has 4 rings (SSSR count). The van der Waals surface area contributed by atoms with Crippen molar-refractivity contribution in [1.82, 2.24) is 5.32 Å². The van der Waals surface area contributed by atoms with Crippen molar-refractivity contribution in [2.24, 2.45) is 23.2 Å². The van der Waals surface area contributed by atoms with Gasteiger partial charge in [-0.25, -0.2) is 0 Å². The van der Waals surface area contributed by atoms with Crippen LogP contribution in [-0.4, -0.2) is 6.04 Å². The molecule has 0 amide bonds. The van der Waals surface area contributed by atoms with Gasteiger partial charge in [0.05, 0.1) is 0 Å². The Balaban J connectivity index is 1.60. The topological polar surface area (TPSA) is 12.0 Å². The van der Waals surface area contributed by atoms with Crippen molar-refractivity contribution < 1.29 is 0 Å². The second kappa shape index (κ2) is 4.15.